The van der Waals surface area contributed by atoms with Gasteiger partial charge in [-0.05, 0) is 42.5 Å². The molecule has 0 heterocycles. The van der Waals surface area contributed by atoms with Crippen LogP contribution in [-0.4, -0.2) is 21.6 Å². The van der Waals surface area contributed by atoms with Crippen LogP contribution < -0.4 is 9.46 Å². The molecular weight excluding hydrogens is 274 g/mol. The summed E-state index contributed by atoms with van der Waals surface area (Å²) in [6.45, 7) is 4.32. The zero-order chi connectivity index (χ0) is 14.8. The molecule has 0 amide bonds. The molecule has 4 nitrogen and oxygen atoms in total. The van der Waals surface area contributed by atoms with Crippen LogP contribution in [0.25, 0.3) is 0 Å². The molecule has 0 aromatic heterocycles. The van der Waals surface area contributed by atoms with E-state index >= 15 is 0 Å². The second-order valence-corrected chi connectivity index (χ2v) is 7.38. The number of ether oxygens (including phenoxy) is 1. The standard InChI is InChI=1S/C15H23NO3S/c1-11-5-4-6-15(12(11)2)16-20(17,18)14-9-7-13(19-3)8-10-14/h7-12,15-16H,4-6H2,1-3H3. The predicted molar refractivity (Wildman–Crippen MR) is 79.3 cm³/mol. The van der Waals surface area contributed by atoms with Crippen molar-refractivity contribution in [3.05, 3.63) is 24.3 Å². The fourth-order valence-electron chi connectivity index (χ4n) is 2.77. The third-order valence-electron chi connectivity index (χ3n) is 4.38. The third kappa shape index (κ3) is 3.33. The molecule has 0 radical (unpaired) electrons. The Hall–Kier alpha value is -1.07. The first kappa shape index (κ1) is 15.3. The van der Waals surface area contributed by atoms with Crippen LogP contribution in [0.5, 0.6) is 5.75 Å². The third-order valence-corrected chi connectivity index (χ3v) is 5.89. The van der Waals surface area contributed by atoms with Gasteiger partial charge in [-0.1, -0.05) is 26.7 Å². The molecule has 0 bridgehead atoms. The quantitative estimate of drug-likeness (QED) is 0.929. The van der Waals surface area contributed by atoms with E-state index in [-0.39, 0.29) is 6.04 Å². The Kier molecular flexibility index (Phi) is 4.70. The molecule has 0 saturated heterocycles. The van der Waals surface area contributed by atoms with Gasteiger partial charge in [-0.2, -0.15) is 0 Å². The number of nitrogens with one attached hydrogen (secondary N) is 1. The minimum Gasteiger partial charge on any atom is -0.497 e. The van der Waals surface area contributed by atoms with E-state index in [0.29, 0.717) is 22.5 Å². The molecule has 1 aromatic rings. The van der Waals surface area contributed by atoms with Gasteiger partial charge in [0.2, 0.25) is 10.0 Å². The lowest BCUT2D eigenvalue weighted by Crippen LogP contribution is -2.43. The lowest BCUT2D eigenvalue weighted by molar-refractivity contribution is 0.227. The zero-order valence-corrected chi connectivity index (χ0v) is 13.1. The second-order valence-electron chi connectivity index (χ2n) is 5.67. The van der Waals surface area contributed by atoms with Crippen molar-refractivity contribution < 1.29 is 13.2 Å². The summed E-state index contributed by atoms with van der Waals surface area (Å²) in [5, 5.41) is 0. The Morgan fingerprint density at radius 2 is 1.80 bits per heavy atom. The molecule has 0 spiro atoms. The van der Waals surface area contributed by atoms with Gasteiger partial charge < -0.3 is 4.74 Å². The van der Waals surface area contributed by atoms with Crippen LogP contribution in [0.4, 0.5) is 0 Å². The summed E-state index contributed by atoms with van der Waals surface area (Å²) in [7, 11) is -1.88. The van der Waals surface area contributed by atoms with Gasteiger partial charge >= 0.3 is 0 Å². The number of sulfonamides is 1. The highest BCUT2D eigenvalue weighted by Gasteiger charge is 2.30. The minimum absolute atomic E-state index is 0.0332. The van der Waals surface area contributed by atoms with Gasteiger partial charge in [0.1, 0.15) is 5.75 Å². The molecule has 5 heteroatoms. The minimum atomic E-state index is -3.45. The van der Waals surface area contributed by atoms with E-state index in [4.69, 9.17) is 4.74 Å². The first-order valence-electron chi connectivity index (χ1n) is 7.10. The normalized spacial score (nSPS) is 27.2. The van der Waals surface area contributed by atoms with E-state index in [1.54, 1.807) is 31.4 Å². The highest BCUT2D eigenvalue weighted by molar-refractivity contribution is 7.89. The van der Waals surface area contributed by atoms with Gasteiger partial charge in [-0.15, -0.1) is 0 Å². The number of hydrogen-bond acceptors (Lipinski definition) is 3. The first-order chi connectivity index (χ1) is 9.44. The molecule has 1 saturated carbocycles. The van der Waals surface area contributed by atoms with Crippen LogP contribution in [0, 0.1) is 11.8 Å². The number of rotatable bonds is 4. The van der Waals surface area contributed by atoms with Gasteiger partial charge in [0.15, 0.2) is 0 Å². The second kappa shape index (κ2) is 6.14. The van der Waals surface area contributed by atoms with Crippen LogP contribution >= 0.6 is 0 Å². The monoisotopic (exact) mass is 297 g/mol. The molecule has 1 N–H and O–H groups in total. The van der Waals surface area contributed by atoms with Crippen molar-refractivity contribution in [2.45, 2.75) is 44.0 Å². The summed E-state index contributed by atoms with van der Waals surface area (Å²) in [5.74, 6) is 1.59. The van der Waals surface area contributed by atoms with Gasteiger partial charge in [0, 0.05) is 6.04 Å². The molecule has 1 aliphatic rings. The van der Waals surface area contributed by atoms with Crippen LogP contribution in [-0.2, 0) is 10.0 Å². The molecule has 2 rings (SSSR count). The smallest absolute Gasteiger partial charge is 0.240 e. The first-order valence-corrected chi connectivity index (χ1v) is 8.59. The Morgan fingerprint density at radius 1 is 1.15 bits per heavy atom. The fraction of sp³-hybridized carbons (Fsp3) is 0.600. The lowest BCUT2D eigenvalue weighted by atomic mass is 9.78. The highest BCUT2D eigenvalue weighted by atomic mass is 32.2. The highest BCUT2D eigenvalue weighted by Crippen LogP contribution is 2.30. The maximum atomic E-state index is 12.4. The number of hydrogen-bond donors (Lipinski definition) is 1. The molecule has 1 aliphatic carbocycles. The summed E-state index contributed by atoms with van der Waals surface area (Å²) in [4.78, 5) is 0.295. The molecule has 1 fully saturated rings. The van der Waals surface area contributed by atoms with Crippen molar-refractivity contribution >= 4 is 10.0 Å². The van der Waals surface area contributed by atoms with E-state index in [9.17, 15) is 8.42 Å². The van der Waals surface area contributed by atoms with Crippen molar-refractivity contribution in [1.82, 2.24) is 4.72 Å². The fourth-order valence-corrected chi connectivity index (χ4v) is 4.13. The van der Waals surface area contributed by atoms with Gasteiger partial charge in [-0.3, -0.25) is 0 Å². The molecule has 3 unspecified atom stereocenters. The van der Waals surface area contributed by atoms with Crippen LogP contribution in [0.3, 0.4) is 0 Å². The summed E-state index contributed by atoms with van der Waals surface area (Å²) in [6.07, 6.45) is 3.18. The maximum Gasteiger partial charge on any atom is 0.240 e. The summed E-state index contributed by atoms with van der Waals surface area (Å²) < 4.78 is 32.7. The Bertz CT molecular complexity index is 539. The van der Waals surface area contributed by atoms with E-state index in [1.165, 1.54) is 6.42 Å². The maximum absolute atomic E-state index is 12.4. The largest absolute Gasteiger partial charge is 0.497 e. The van der Waals surface area contributed by atoms with Crippen LogP contribution in [0.1, 0.15) is 33.1 Å². The zero-order valence-electron chi connectivity index (χ0n) is 12.3. The van der Waals surface area contributed by atoms with Gasteiger partial charge in [0.05, 0.1) is 12.0 Å². The van der Waals surface area contributed by atoms with Crippen molar-refractivity contribution in [2.24, 2.45) is 11.8 Å². The van der Waals surface area contributed by atoms with Crippen LogP contribution in [0.2, 0.25) is 0 Å². The van der Waals surface area contributed by atoms with Gasteiger partial charge in [-0.25, -0.2) is 13.1 Å². The predicted octanol–water partition coefficient (Wildman–Crippen LogP) is 2.80. The van der Waals surface area contributed by atoms with Crippen molar-refractivity contribution in [3.63, 3.8) is 0 Å². The Labute approximate surface area is 121 Å². The molecule has 0 aliphatic heterocycles. The SMILES string of the molecule is COc1ccc(S(=O)(=O)NC2CCCC(C)C2C)cc1. The van der Waals surface area contributed by atoms with Crippen molar-refractivity contribution in [1.29, 1.82) is 0 Å². The van der Waals surface area contributed by atoms with Crippen molar-refractivity contribution in [2.75, 3.05) is 7.11 Å². The summed E-state index contributed by atoms with van der Waals surface area (Å²) in [5.41, 5.74) is 0. The van der Waals surface area contributed by atoms with Gasteiger partial charge in [0.25, 0.3) is 0 Å². The molecular formula is C15H23NO3S. The number of benzene rings is 1. The Morgan fingerprint density at radius 3 is 2.40 bits per heavy atom. The molecule has 3 atom stereocenters. The van der Waals surface area contributed by atoms with E-state index < -0.39 is 10.0 Å². The summed E-state index contributed by atoms with van der Waals surface area (Å²) in [6, 6.07) is 6.53. The van der Waals surface area contributed by atoms with E-state index in [1.807, 2.05) is 0 Å². The number of methoxy groups -OCH3 is 1. The molecule has 112 valence electrons. The lowest BCUT2D eigenvalue weighted by Gasteiger charge is -2.34. The molecule has 20 heavy (non-hydrogen) atoms. The van der Waals surface area contributed by atoms with Crippen molar-refractivity contribution in [3.8, 4) is 5.75 Å². The molecule has 1 aromatic carbocycles. The average molecular weight is 297 g/mol. The topological polar surface area (TPSA) is 55.4 Å². The van der Waals surface area contributed by atoms with E-state index in [0.717, 1.165) is 12.8 Å². The summed E-state index contributed by atoms with van der Waals surface area (Å²) >= 11 is 0. The Balaban J connectivity index is 2.13. The average Bonchev–Trinajstić information content (AvgIpc) is 2.44. The van der Waals surface area contributed by atoms with E-state index in [2.05, 4.69) is 18.6 Å². The van der Waals surface area contributed by atoms with Crippen LogP contribution in [0.15, 0.2) is 29.2 Å².